The molecule has 0 fully saturated rings. The number of H-pyrrole nitrogens is 1. The number of nitrogens with one attached hydrogen (secondary N) is 2. The van der Waals surface area contributed by atoms with Crippen LogP contribution in [0.15, 0.2) is 24.3 Å². The fourth-order valence-electron chi connectivity index (χ4n) is 2.74. The number of benzene rings is 1. The minimum absolute atomic E-state index is 0.130. The third kappa shape index (κ3) is 2.97. The van der Waals surface area contributed by atoms with Crippen LogP contribution in [0.4, 0.5) is 5.69 Å². The van der Waals surface area contributed by atoms with Crippen molar-refractivity contribution < 1.29 is 9.90 Å². The molecule has 21 heavy (non-hydrogen) atoms. The average molecular weight is 285 g/mol. The molecule has 1 aromatic heterocycles. The summed E-state index contributed by atoms with van der Waals surface area (Å²) in [6.45, 7) is 0.130. The normalized spacial score (nSPS) is 13.8. The Balaban J connectivity index is 1.72. The van der Waals surface area contributed by atoms with E-state index in [1.165, 1.54) is 0 Å². The number of amides is 1. The van der Waals surface area contributed by atoms with E-state index in [0.717, 1.165) is 48.2 Å². The largest absolute Gasteiger partial charge is 0.396 e. The zero-order valence-corrected chi connectivity index (χ0v) is 11.9. The van der Waals surface area contributed by atoms with Gasteiger partial charge in [0, 0.05) is 23.6 Å². The molecule has 5 nitrogen and oxygen atoms in total. The lowest BCUT2D eigenvalue weighted by atomic mass is 9.96. The standard InChI is InChI=1S/C16H19N3O2/c20-10-9-11-5-7-12(8-6-11)17-16(21)15-13-3-1-2-4-14(13)18-19-15/h5-8,20H,1-4,9-10H2,(H,17,21)(H,18,19). The van der Waals surface area contributed by atoms with Gasteiger partial charge in [-0.1, -0.05) is 12.1 Å². The van der Waals surface area contributed by atoms with Crippen molar-refractivity contribution in [2.75, 3.05) is 11.9 Å². The van der Waals surface area contributed by atoms with E-state index in [1.807, 2.05) is 24.3 Å². The molecule has 2 aromatic rings. The third-order valence-corrected chi connectivity index (χ3v) is 3.88. The van der Waals surface area contributed by atoms with Crippen molar-refractivity contribution in [2.45, 2.75) is 32.1 Å². The monoisotopic (exact) mass is 285 g/mol. The second-order valence-corrected chi connectivity index (χ2v) is 5.36. The lowest BCUT2D eigenvalue weighted by Crippen LogP contribution is -2.15. The van der Waals surface area contributed by atoms with E-state index in [1.54, 1.807) is 0 Å². The van der Waals surface area contributed by atoms with Gasteiger partial charge in [0.2, 0.25) is 0 Å². The Bertz CT molecular complexity index is 631. The van der Waals surface area contributed by atoms with E-state index >= 15 is 0 Å². The molecule has 5 heteroatoms. The van der Waals surface area contributed by atoms with Gasteiger partial charge in [0.15, 0.2) is 5.69 Å². The van der Waals surface area contributed by atoms with Crippen LogP contribution in [-0.2, 0) is 19.3 Å². The van der Waals surface area contributed by atoms with Crippen molar-refractivity contribution in [3.05, 3.63) is 46.8 Å². The van der Waals surface area contributed by atoms with E-state index in [2.05, 4.69) is 15.5 Å². The highest BCUT2D eigenvalue weighted by atomic mass is 16.3. The smallest absolute Gasteiger partial charge is 0.276 e. The predicted octanol–water partition coefficient (Wildman–Crippen LogP) is 2.08. The highest BCUT2D eigenvalue weighted by Gasteiger charge is 2.21. The van der Waals surface area contributed by atoms with Crippen LogP contribution < -0.4 is 5.32 Å². The number of carbonyl (C=O) groups is 1. The number of aliphatic hydroxyl groups excluding tert-OH is 1. The van der Waals surface area contributed by atoms with Gasteiger partial charge in [-0.25, -0.2) is 0 Å². The van der Waals surface area contributed by atoms with Crippen molar-refractivity contribution >= 4 is 11.6 Å². The number of fused-ring (bicyclic) bond motifs is 1. The molecule has 0 spiro atoms. The first kappa shape index (κ1) is 13.8. The lowest BCUT2D eigenvalue weighted by Gasteiger charge is -2.11. The van der Waals surface area contributed by atoms with Crippen molar-refractivity contribution in [2.24, 2.45) is 0 Å². The number of carbonyl (C=O) groups excluding carboxylic acids is 1. The van der Waals surface area contributed by atoms with E-state index in [-0.39, 0.29) is 12.5 Å². The molecular weight excluding hydrogens is 266 g/mol. The van der Waals surface area contributed by atoms with Gasteiger partial charge in [-0.2, -0.15) is 5.10 Å². The van der Waals surface area contributed by atoms with Gasteiger partial charge in [0.1, 0.15) is 0 Å². The van der Waals surface area contributed by atoms with Crippen LogP contribution in [0.25, 0.3) is 0 Å². The fraction of sp³-hybridized carbons (Fsp3) is 0.375. The maximum atomic E-state index is 12.3. The number of hydrogen-bond acceptors (Lipinski definition) is 3. The maximum Gasteiger partial charge on any atom is 0.276 e. The Morgan fingerprint density at radius 3 is 2.76 bits per heavy atom. The number of aromatic amines is 1. The quantitative estimate of drug-likeness (QED) is 0.804. The summed E-state index contributed by atoms with van der Waals surface area (Å²) in [7, 11) is 0. The van der Waals surface area contributed by atoms with E-state index < -0.39 is 0 Å². The number of anilines is 1. The third-order valence-electron chi connectivity index (χ3n) is 3.88. The van der Waals surface area contributed by atoms with Gasteiger partial charge in [-0.05, 0) is 49.8 Å². The zero-order chi connectivity index (χ0) is 14.7. The fourth-order valence-corrected chi connectivity index (χ4v) is 2.74. The number of aliphatic hydroxyl groups is 1. The van der Waals surface area contributed by atoms with Crippen molar-refractivity contribution in [3.63, 3.8) is 0 Å². The van der Waals surface area contributed by atoms with Crippen LogP contribution in [0.1, 0.15) is 40.2 Å². The van der Waals surface area contributed by atoms with Gasteiger partial charge in [-0.3, -0.25) is 9.89 Å². The summed E-state index contributed by atoms with van der Waals surface area (Å²) in [5.41, 5.74) is 4.48. The van der Waals surface area contributed by atoms with Gasteiger partial charge in [0.25, 0.3) is 5.91 Å². The van der Waals surface area contributed by atoms with Crippen LogP contribution in [0.3, 0.4) is 0 Å². The molecule has 0 atom stereocenters. The number of aromatic nitrogens is 2. The Labute approximate surface area is 123 Å². The van der Waals surface area contributed by atoms with Gasteiger partial charge in [0.05, 0.1) is 0 Å². The summed E-state index contributed by atoms with van der Waals surface area (Å²) in [6.07, 6.45) is 4.79. The summed E-state index contributed by atoms with van der Waals surface area (Å²) in [6, 6.07) is 7.52. The SMILES string of the molecule is O=C(Nc1ccc(CCO)cc1)c1n[nH]c2c1CCCC2. The summed E-state index contributed by atoms with van der Waals surface area (Å²) in [4.78, 5) is 12.3. The Kier molecular flexibility index (Phi) is 4.01. The first-order valence-corrected chi connectivity index (χ1v) is 7.35. The van der Waals surface area contributed by atoms with Crippen LogP contribution >= 0.6 is 0 Å². The lowest BCUT2D eigenvalue weighted by molar-refractivity contribution is 0.102. The molecule has 1 amide bonds. The zero-order valence-electron chi connectivity index (χ0n) is 11.9. The molecular formula is C16H19N3O2. The average Bonchev–Trinajstić information content (AvgIpc) is 2.93. The molecule has 0 saturated carbocycles. The molecule has 110 valence electrons. The number of hydrogen-bond donors (Lipinski definition) is 3. The summed E-state index contributed by atoms with van der Waals surface area (Å²) < 4.78 is 0. The Morgan fingerprint density at radius 2 is 2.00 bits per heavy atom. The topological polar surface area (TPSA) is 78.0 Å². The van der Waals surface area contributed by atoms with Gasteiger partial charge in [-0.15, -0.1) is 0 Å². The Morgan fingerprint density at radius 1 is 1.24 bits per heavy atom. The number of rotatable bonds is 4. The molecule has 0 radical (unpaired) electrons. The highest BCUT2D eigenvalue weighted by molar-refractivity contribution is 6.04. The molecule has 0 unspecified atom stereocenters. The predicted molar refractivity (Wildman–Crippen MR) is 80.4 cm³/mol. The molecule has 1 aliphatic carbocycles. The van der Waals surface area contributed by atoms with Crippen LogP contribution in [0.5, 0.6) is 0 Å². The minimum atomic E-state index is -0.163. The van der Waals surface area contributed by atoms with Gasteiger partial charge >= 0.3 is 0 Å². The summed E-state index contributed by atoms with van der Waals surface area (Å²) in [5.74, 6) is -0.163. The van der Waals surface area contributed by atoms with Crippen LogP contribution in [0, 0.1) is 0 Å². The highest BCUT2D eigenvalue weighted by Crippen LogP contribution is 2.23. The van der Waals surface area contributed by atoms with Crippen molar-refractivity contribution in [1.29, 1.82) is 0 Å². The number of aryl methyl sites for hydroxylation is 1. The maximum absolute atomic E-state index is 12.3. The Hall–Kier alpha value is -2.14. The summed E-state index contributed by atoms with van der Waals surface area (Å²) >= 11 is 0. The molecule has 3 N–H and O–H groups in total. The van der Waals surface area contributed by atoms with Crippen LogP contribution in [0.2, 0.25) is 0 Å². The molecule has 0 aliphatic heterocycles. The van der Waals surface area contributed by atoms with Crippen molar-refractivity contribution in [3.8, 4) is 0 Å². The van der Waals surface area contributed by atoms with Crippen LogP contribution in [-0.4, -0.2) is 27.8 Å². The first-order chi connectivity index (χ1) is 10.3. The van der Waals surface area contributed by atoms with E-state index in [0.29, 0.717) is 12.1 Å². The molecule has 1 aromatic carbocycles. The minimum Gasteiger partial charge on any atom is -0.396 e. The molecule has 0 saturated heterocycles. The second-order valence-electron chi connectivity index (χ2n) is 5.36. The van der Waals surface area contributed by atoms with E-state index in [4.69, 9.17) is 5.11 Å². The second kappa shape index (κ2) is 6.10. The molecule has 3 rings (SSSR count). The van der Waals surface area contributed by atoms with Gasteiger partial charge < -0.3 is 10.4 Å². The molecule has 1 aliphatic rings. The molecule has 0 bridgehead atoms. The van der Waals surface area contributed by atoms with E-state index in [9.17, 15) is 4.79 Å². The number of nitrogens with zero attached hydrogens (tertiary/aromatic N) is 1. The first-order valence-electron chi connectivity index (χ1n) is 7.35. The molecule has 1 heterocycles. The summed E-state index contributed by atoms with van der Waals surface area (Å²) in [5, 5.41) is 18.9. The van der Waals surface area contributed by atoms with Crippen molar-refractivity contribution in [1.82, 2.24) is 10.2 Å².